The molecule has 1 heterocycles. The van der Waals surface area contributed by atoms with Gasteiger partial charge in [0.05, 0.1) is 22.7 Å². The lowest BCUT2D eigenvalue weighted by Crippen LogP contribution is -2.24. The highest BCUT2D eigenvalue weighted by Crippen LogP contribution is 2.26. The second kappa shape index (κ2) is 5.66. The number of nitrogens with zero attached hydrogens (tertiary/aromatic N) is 3. The van der Waals surface area contributed by atoms with Crippen molar-refractivity contribution in [1.29, 1.82) is 5.26 Å². The topological polar surface area (TPSA) is 41.6 Å². The summed E-state index contributed by atoms with van der Waals surface area (Å²) in [4.78, 5) is 4.77. The Bertz CT molecular complexity index is 639. The maximum Gasteiger partial charge on any atom is 0.110 e. The lowest BCUT2D eigenvalue weighted by molar-refractivity contribution is 0.392. The number of hydrogen-bond acceptors (Lipinski definition) is 2. The van der Waals surface area contributed by atoms with Gasteiger partial charge in [0, 0.05) is 12.0 Å². The van der Waals surface area contributed by atoms with E-state index >= 15 is 0 Å². The second-order valence-electron chi connectivity index (χ2n) is 6.31. The summed E-state index contributed by atoms with van der Waals surface area (Å²) in [6, 6.07) is 7.98. The van der Waals surface area contributed by atoms with Crippen LogP contribution in [0.4, 0.5) is 0 Å². The molecule has 0 amide bonds. The molecule has 0 radical (unpaired) electrons. The fourth-order valence-electron chi connectivity index (χ4n) is 2.65. The molecule has 20 heavy (non-hydrogen) atoms. The largest absolute Gasteiger partial charge is 0.323 e. The van der Waals surface area contributed by atoms with E-state index in [1.165, 1.54) is 19.3 Å². The van der Waals surface area contributed by atoms with Crippen molar-refractivity contribution < 1.29 is 0 Å². The second-order valence-corrected chi connectivity index (χ2v) is 6.31. The molecule has 106 valence electrons. The van der Waals surface area contributed by atoms with Gasteiger partial charge in [0.1, 0.15) is 5.82 Å². The molecule has 3 heteroatoms. The number of hydrogen-bond donors (Lipinski definition) is 0. The predicted octanol–water partition coefficient (Wildman–Crippen LogP) is 4.40. The first-order chi connectivity index (χ1) is 9.47. The van der Waals surface area contributed by atoms with Gasteiger partial charge >= 0.3 is 0 Å². The lowest BCUT2D eigenvalue weighted by atomic mass is 10.1. The summed E-state index contributed by atoms with van der Waals surface area (Å²) in [5.41, 5.74) is 2.74. The van der Waals surface area contributed by atoms with Gasteiger partial charge in [0.2, 0.25) is 0 Å². The lowest BCUT2D eigenvalue weighted by Gasteiger charge is -2.24. The van der Waals surface area contributed by atoms with Crippen LogP contribution < -0.4 is 0 Å². The number of nitriles is 1. The summed E-state index contributed by atoms with van der Waals surface area (Å²) in [6.45, 7) is 8.83. The van der Waals surface area contributed by atoms with Gasteiger partial charge in [-0.15, -0.1) is 0 Å². The van der Waals surface area contributed by atoms with Gasteiger partial charge in [-0.05, 0) is 45.4 Å². The van der Waals surface area contributed by atoms with Crippen molar-refractivity contribution in [3.05, 3.63) is 29.6 Å². The van der Waals surface area contributed by atoms with E-state index in [2.05, 4.69) is 38.3 Å². The summed E-state index contributed by atoms with van der Waals surface area (Å²) < 4.78 is 2.32. The highest BCUT2D eigenvalue weighted by Gasteiger charge is 2.21. The van der Waals surface area contributed by atoms with Gasteiger partial charge < -0.3 is 4.57 Å². The number of fused-ring (bicyclic) bond motifs is 1. The standard InChI is InChI=1S/C17H23N3/c1-5-6-7-8-16-19-14-11-13(12-18)9-10-15(14)20(16)17(2,3)4/h9-11H,5-8H2,1-4H3. The maximum atomic E-state index is 9.02. The molecule has 1 aromatic carbocycles. The van der Waals surface area contributed by atoms with Gasteiger partial charge in [0.25, 0.3) is 0 Å². The van der Waals surface area contributed by atoms with Crippen LogP contribution in [0.2, 0.25) is 0 Å². The van der Waals surface area contributed by atoms with Crippen LogP contribution in [0.1, 0.15) is 58.3 Å². The molecule has 0 bridgehead atoms. The molecular formula is C17H23N3. The van der Waals surface area contributed by atoms with Crippen LogP contribution in [-0.2, 0) is 12.0 Å². The zero-order valence-electron chi connectivity index (χ0n) is 12.9. The van der Waals surface area contributed by atoms with Crippen LogP contribution in [0.5, 0.6) is 0 Å². The van der Waals surface area contributed by atoms with E-state index in [4.69, 9.17) is 10.2 Å². The first kappa shape index (κ1) is 14.6. The van der Waals surface area contributed by atoms with Crippen molar-refractivity contribution in [3.8, 4) is 6.07 Å². The minimum atomic E-state index is 0.00442. The van der Waals surface area contributed by atoms with E-state index in [9.17, 15) is 0 Å². The molecule has 0 N–H and O–H groups in total. The Labute approximate surface area is 121 Å². The fraction of sp³-hybridized carbons (Fsp3) is 0.529. The molecule has 0 aliphatic rings. The smallest absolute Gasteiger partial charge is 0.110 e. The molecule has 0 saturated heterocycles. The van der Waals surface area contributed by atoms with Crippen LogP contribution in [0.25, 0.3) is 11.0 Å². The molecule has 1 aromatic heterocycles. The van der Waals surface area contributed by atoms with Gasteiger partial charge in [-0.2, -0.15) is 5.26 Å². The third kappa shape index (κ3) is 2.85. The molecular weight excluding hydrogens is 246 g/mol. The minimum absolute atomic E-state index is 0.00442. The van der Waals surface area contributed by atoms with Crippen LogP contribution in [0, 0.1) is 11.3 Å². The molecule has 0 aliphatic heterocycles. The van der Waals surface area contributed by atoms with Crippen molar-refractivity contribution in [1.82, 2.24) is 9.55 Å². The SMILES string of the molecule is CCCCCc1nc2cc(C#N)ccc2n1C(C)(C)C. The molecule has 0 spiro atoms. The van der Waals surface area contributed by atoms with E-state index < -0.39 is 0 Å². The van der Waals surface area contributed by atoms with Gasteiger partial charge in [-0.3, -0.25) is 0 Å². The predicted molar refractivity (Wildman–Crippen MR) is 82.7 cm³/mol. The van der Waals surface area contributed by atoms with Crippen LogP contribution in [0.15, 0.2) is 18.2 Å². The Morgan fingerprint density at radius 2 is 2.00 bits per heavy atom. The zero-order valence-corrected chi connectivity index (χ0v) is 12.9. The van der Waals surface area contributed by atoms with E-state index in [0.29, 0.717) is 5.56 Å². The van der Waals surface area contributed by atoms with Crippen molar-refractivity contribution in [2.45, 2.75) is 58.9 Å². The summed E-state index contributed by atoms with van der Waals surface area (Å²) in [5, 5.41) is 9.02. The summed E-state index contributed by atoms with van der Waals surface area (Å²) in [5.74, 6) is 1.14. The molecule has 2 aromatic rings. The number of unbranched alkanes of at least 4 members (excludes halogenated alkanes) is 2. The van der Waals surface area contributed by atoms with Crippen LogP contribution in [0.3, 0.4) is 0 Å². The molecule has 0 unspecified atom stereocenters. The molecule has 2 rings (SSSR count). The summed E-state index contributed by atoms with van der Waals surface area (Å²) in [6.07, 6.45) is 4.62. The monoisotopic (exact) mass is 269 g/mol. The minimum Gasteiger partial charge on any atom is -0.323 e. The van der Waals surface area contributed by atoms with Crippen LogP contribution >= 0.6 is 0 Å². The Morgan fingerprint density at radius 3 is 2.60 bits per heavy atom. The van der Waals surface area contributed by atoms with Crippen molar-refractivity contribution in [2.75, 3.05) is 0 Å². The summed E-state index contributed by atoms with van der Waals surface area (Å²) >= 11 is 0. The van der Waals surface area contributed by atoms with E-state index in [1.54, 1.807) is 0 Å². The van der Waals surface area contributed by atoms with E-state index in [0.717, 1.165) is 23.3 Å². The number of aromatic nitrogens is 2. The van der Waals surface area contributed by atoms with E-state index in [1.807, 2.05) is 18.2 Å². The Balaban J connectivity index is 2.52. The molecule has 0 aliphatic carbocycles. The number of aryl methyl sites for hydroxylation is 1. The van der Waals surface area contributed by atoms with Gasteiger partial charge in [-0.1, -0.05) is 19.8 Å². The molecule has 0 saturated carbocycles. The first-order valence-corrected chi connectivity index (χ1v) is 7.39. The van der Waals surface area contributed by atoms with Crippen molar-refractivity contribution in [3.63, 3.8) is 0 Å². The highest BCUT2D eigenvalue weighted by molar-refractivity contribution is 5.78. The summed E-state index contributed by atoms with van der Waals surface area (Å²) in [7, 11) is 0. The Kier molecular flexibility index (Phi) is 4.13. The average Bonchev–Trinajstić information content (AvgIpc) is 2.75. The molecule has 0 fully saturated rings. The van der Waals surface area contributed by atoms with Gasteiger partial charge in [0.15, 0.2) is 0 Å². The quantitative estimate of drug-likeness (QED) is 0.772. The average molecular weight is 269 g/mol. The Hall–Kier alpha value is -1.82. The van der Waals surface area contributed by atoms with Crippen LogP contribution in [-0.4, -0.2) is 9.55 Å². The highest BCUT2D eigenvalue weighted by atomic mass is 15.1. The first-order valence-electron chi connectivity index (χ1n) is 7.39. The van der Waals surface area contributed by atoms with E-state index in [-0.39, 0.29) is 5.54 Å². The third-order valence-corrected chi connectivity index (χ3v) is 3.53. The Morgan fingerprint density at radius 1 is 1.25 bits per heavy atom. The number of imidazole rings is 1. The maximum absolute atomic E-state index is 9.02. The van der Waals surface area contributed by atoms with Crippen molar-refractivity contribution >= 4 is 11.0 Å². The molecule has 3 nitrogen and oxygen atoms in total. The fourth-order valence-corrected chi connectivity index (χ4v) is 2.65. The normalized spacial score (nSPS) is 11.8. The third-order valence-electron chi connectivity index (χ3n) is 3.53. The molecule has 0 atom stereocenters. The number of rotatable bonds is 4. The number of benzene rings is 1. The van der Waals surface area contributed by atoms with Crippen molar-refractivity contribution in [2.24, 2.45) is 0 Å². The van der Waals surface area contributed by atoms with Gasteiger partial charge in [-0.25, -0.2) is 4.98 Å². The zero-order chi connectivity index (χ0) is 14.8.